The van der Waals surface area contributed by atoms with Crippen LogP contribution in [0.4, 0.5) is 10.6 Å². The van der Waals surface area contributed by atoms with Crippen LogP contribution in [-0.2, 0) is 4.74 Å². The van der Waals surface area contributed by atoms with Crippen LogP contribution in [0.1, 0.15) is 25.7 Å². The molecule has 7 nitrogen and oxygen atoms in total. The standard InChI is InChI=1S/C14H20N4O3/c1-20-14-15-6-4-12(18-14)17-13(19)16-10-5-7-21-11(8-10)9-2-3-9/h4,6,9-11H,2-3,5,7-8H2,1H3,(H2,15,16,17,18,19)/t10-,11-/m0/s1. The molecule has 0 unspecified atom stereocenters. The lowest BCUT2D eigenvalue weighted by atomic mass is 10.0. The van der Waals surface area contributed by atoms with Crippen molar-refractivity contribution in [1.82, 2.24) is 15.3 Å². The molecule has 1 saturated carbocycles. The van der Waals surface area contributed by atoms with Gasteiger partial charge in [0.05, 0.1) is 13.2 Å². The summed E-state index contributed by atoms with van der Waals surface area (Å²) in [5.74, 6) is 1.12. The highest BCUT2D eigenvalue weighted by molar-refractivity contribution is 5.88. The number of rotatable bonds is 4. The number of urea groups is 1. The fourth-order valence-electron chi connectivity index (χ4n) is 2.60. The molecule has 0 radical (unpaired) electrons. The third kappa shape index (κ3) is 3.81. The number of aromatic nitrogens is 2. The maximum atomic E-state index is 12.0. The molecule has 3 rings (SSSR count). The molecule has 0 aromatic carbocycles. The van der Waals surface area contributed by atoms with E-state index in [1.165, 1.54) is 20.0 Å². The quantitative estimate of drug-likeness (QED) is 0.879. The predicted molar refractivity (Wildman–Crippen MR) is 76.2 cm³/mol. The molecule has 7 heteroatoms. The van der Waals surface area contributed by atoms with Crippen LogP contribution in [0.25, 0.3) is 0 Å². The Labute approximate surface area is 123 Å². The van der Waals surface area contributed by atoms with E-state index in [4.69, 9.17) is 9.47 Å². The van der Waals surface area contributed by atoms with E-state index in [-0.39, 0.29) is 18.1 Å². The number of anilines is 1. The van der Waals surface area contributed by atoms with Gasteiger partial charge in [-0.25, -0.2) is 9.78 Å². The maximum Gasteiger partial charge on any atom is 0.320 e. The number of nitrogens with one attached hydrogen (secondary N) is 2. The molecule has 1 aromatic rings. The highest BCUT2D eigenvalue weighted by atomic mass is 16.5. The van der Waals surface area contributed by atoms with Gasteiger partial charge in [-0.15, -0.1) is 0 Å². The molecule has 0 spiro atoms. The first-order chi connectivity index (χ1) is 10.2. The molecule has 1 aromatic heterocycles. The van der Waals surface area contributed by atoms with E-state index in [1.54, 1.807) is 12.3 Å². The normalized spacial score (nSPS) is 25.2. The zero-order chi connectivity index (χ0) is 14.7. The van der Waals surface area contributed by atoms with E-state index in [2.05, 4.69) is 20.6 Å². The topological polar surface area (TPSA) is 85.4 Å². The van der Waals surface area contributed by atoms with Crippen molar-refractivity contribution in [2.45, 2.75) is 37.8 Å². The van der Waals surface area contributed by atoms with E-state index in [0.717, 1.165) is 12.8 Å². The van der Waals surface area contributed by atoms with Crippen molar-refractivity contribution in [3.63, 3.8) is 0 Å². The van der Waals surface area contributed by atoms with Gasteiger partial charge in [0.1, 0.15) is 5.82 Å². The van der Waals surface area contributed by atoms with Crippen molar-refractivity contribution in [3.8, 4) is 6.01 Å². The van der Waals surface area contributed by atoms with Gasteiger partial charge in [-0.2, -0.15) is 4.98 Å². The van der Waals surface area contributed by atoms with Gasteiger partial charge in [0.2, 0.25) is 0 Å². The van der Waals surface area contributed by atoms with E-state index in [9.17, 15) is 4.79 Å². The summed E-state index contributed by atoms with van der Waals surface area (Å²) < 4.78 is 10.7. The fraction of sp³-hybridized carbons (Fsp3) is 0.643. The molecule has 114 valence electrons. The van der Waals surface area contributed by atoms with Crippen molar-refractivity contribution < 1.29 is 14.3 Å². The van der Waals surface area contributed by atoms with Crippen molar-refractivity contribution >= 4 is 11.8 Å². The van der Waals surface area contributed by atoms with E-state index in [0.29, 0.717) is 24.4 Å². The van der Waals surface area contributed by atoms with Crippen molar-refractivity contribution in [3.05, 3.63) is 12.3 Å². The second-order valence-corrected chi connectivity index (χ2v) is 5.50. The zero-order valence-corrected chi connectivity index (χ0v) is 12.0. The van der Waals surface area contributed by atoms with E-state index in [1.807, 2.05) is 0 Å². The summed E-state index contributed by atoms with van der Waals surface area (Å²) in [6.45, 7) is 0.716. The third-order valence-electron chi connectivity index (χ3n) is 3.86. The highest BCUT2D eigenvalue weighted by Gasteiger charge is 2.36. The van der Waals surface area contributed by atoms with Crippen LogP contribution in [0.5, 0.6) is 6.01 Å². The average molecular weight is 292 g/mol. The van der Waals surface area contributed by atoms with Gasteiger partial charge in [-0.05, 0) is 37.7 Å². The summed E-state index contributed by atoms with van der Waals surface area (Å²) in [7, 11) is 1.49. The Morgan fingerprint density at radius 3 is 3.05 bits per heavy atom. The molecule has 1 saturated heterocycles. The molecular formula is C14H20N4O3. The maximum absolute atomic E-state index is 12.0. The highest BCUT2D eigenvalue weighted by Crippen LogP contribution is 2.38. The summed E-state index contributed by atoms with van der Waals surface area (Å²) >= 11 is 0. The van der Waals surface area contributed by atoms with Gasteiger partial charge in [0, 0.05) is 18.8 Å². The van der Waals surface area contributed by atoms with E-state index >= 15 is 0 Å². The van der Waals surface area contributed by atoms with Crippen molar-refractivity contribution in [2.75, 3.05) is 19.0 Å². The van der Waals surface area contributed by atoms with E-state index < -0.39 is 0 Å². The second-order valence-electron chi connectivity index (χ2n) is 5.50. The van der Waals surface area contributed by atoms with Gasteiger partial charge >= 0.3 is 12.0 Å². The van der Waals surface area contributed by atoms with Crippen LogP contribution in [0.15, 0.2) is 12.3 Å². The van der Waals surface area contributed by atoms with Crippen LogP contribution in [-0.4, -0.2) is 41.9 Å². The van der Waals surface area contributed by atoms with Gasteiger partial charge in [-0.3, -0.25) is 5.32 Å². The molecule has 2 N–H and O–H groups in total. The zero-order valence-electron chi connectivity index (χ0n) is 12.0. The van der Waals surface area contributed by atoms with Gasteiger partial charge < -0.3 is 14.8 Å². The van der Waals surface area contributed by atoms with Gasteiger partial charge in [0.15, 0.2) is 0 Å². The fourth-order valence-corrected chi connectivity index (χ4v) is 2.60. The molecular weight excluding hydrogens is 272 g/mol. The Morgan fingerprint density at radius 2 is 2.29 bits per heavy atom. The Hall–Kier alpha value is -1.89. The van der Waals surface area contributed by atoms with Crippen molar-refractivity contribution in [1.29, 1.82) is 0 Å². The summed E-state index contributed by atoms with van der Waals surface area (Å²) in [4.78, 5) is 20.0. The molecule has 2 fully saturated rings. The number of nitrogens with zero attached hydrogens (tertiary/aromatic N) is 2. The molecule has 2 amide bonds. The Bertz CT molecular complexity index is 507. The predicted octanol–water partition coefficient (Wildman–Crippen LogP) is 1.56. The lowest BCUT2D eigenvalue weighted by Gasteiger charge is -2.30. The first kappa shape index (κ1) is 14.1. The first-order valence-electron chi connectivity index (χ1n) is 7.31. The van der Waals surface area contributed by atoms with Crippen LogP contribution in [0.3, 0.4) is 0 Å². The Balaban J connectivity index is 1.51. The summed E-state index contributed by atoms with van der Waals surface area (Å²) in [5, 5.41) is 5.69. The number of ether oxygens (including phenoxy) is 2. The monoisotopic (exact) mass is 292 g/mol. The van der Waals surface area contributed by atoms with Crippen LogP contribution in [0.2, 0.25) is 0 Å². The lowest BCUT2D eigenvalue weighted by Crippen LogP contribution is -2.44. The minimum Gasteiger partial charge on any atom is -0.467 e. The molecule has 21 heavy (non-hydrogen) atoms. The molecule has 2 atom stereocenters. The third-order valence-corrected chi connectivity index (χ3v) is 3.86. The molecule has 2 aliphatic rings. The molecule has 1 aliphatic heterocycles. The van der Waals surface area contributed by atoms with Gasteiger partial charge in [0.25, 0.3) is 0 Å². The number of carbonyl (C=O) groups excluding carboxylic acids is 1. The second kappa shape index (κ2) is 6.26. The average Bonchev–Trinajstić information content (AvgIpc) is 3.32. The minimum atomic E-state index is -0.253. The number of methoxy groups -OCH3 is 1. The van der Waals surface area contributed by atoms with Crippen LogP contribution in [0, 0.1) is 5.92 Å². The van der Waals surface area contributed by atoms with Crippen LogP contribution < -0.4 is 15.4 Å². The first-order valence-corrected chi connectivity index (χ1v) is 7.31. The summed E-state index contributed by atoms with van der Waals surface area (Å²) in [6.07, 6.45) is 6.10. The van der Waals surface area contributed by atoms with Crippen molar-refractivity contribution in [2.24, 2.45) is 5.92 Å². The molecule has 1 aliphatic carbocycles. The smallest absolute Gasteiger partial charge is 0.320 e. The number of amides is 2. The lowest BCUT2D eigenvalue weighted by molar-refractivity contribution is -0.00889. The number of hydrogen-bond donors (Lipinski definition) is 2. The number of hydrogen-bond acceptors (Lipinski definition) is 5. The van der Waals surface area contributed by atoms with Crippen LogP contribution >= 0.6 is 0 Å². The molecule has 2 heterocycles. The molecule has 0 bridgehead atoms. The Kier molecular flexibility index (Phi) is 4.19. The summed E-state index contributed by atoms with van der Waals surface area (Å²) in [6, 6.07) is 1.76. The minimum absolute atomic E-state index is 0.160. The largest absolute Gasteiger partial charge is 0.467 e. The van der Waals surface area contributed by atoms with Gasteiger partial charge in [-0.1, -0.05) is 0 Å². The number of carbonyl (C=O) groups is 1. The Morgan fingerprint density at radius 1 is 1.43 bits per heavy atom. The SMILES string of the molecule is COc1nccc(NC(=O)N[C@H]2CCO[C@H](C3CC3)C2)n1. The summed E-state index contributed by atoms with van der Waals surface area (Å²) in [5.41, 5.74) is 0.